The molecular formula is C16H22N6O2. The second kappa shape index (κ2) is 6.46. The summed E-state index contributed by atoms with van der Waals surface area (Å²) < 4.78 is 5.86. The van der Waals surface area contributed by atoms with Gasteiger partial charge in [-0.1, -0.05) is 0 Å². The van der Waals surface area contributed by atoms with Gasteiger partial charge in [-0.25, -0.2) is 0 Å². The number of amides is 1. The average Bonchev–Trinajstić information content (AvgIpc) is 3.14. The third kappa shape index (κ3) is 3.17. The number of aromatic nitrogens is 4. The molecule has 1 aliphatic heterocycles. The van der Waals surface area contributed by atoms with E-state index in [-0.39, 0.29) is 12.0 Å². The van der Waals surface area contributed by atoms with Crippen molar-refractivity contribution in [2.75, 3.05) is 32.1 Å². The molecule has 0 aromatic carbocycles. The van der Waals surface area contributed by atoms with Crippen LogP contribution in [0.25, 0.3) is 0 Å². The van der Waals surface area contributed by atoms with Crippen LogP contribution in [0.1, 0.15) is 28.2 Å². The smallest absolute Gasteiger partial charge is 0.257 e. The minimum Gasteiger partial charge on any atom is -0.471 e. The number of likely N-dealkylation sites (tertiary alicyclic amines) is 1. The molecule has 1 saturated heterocycles. The number of nitrogens with zero attached hydrogens (tertiary/aromatic N) is 5. The van der Waals surface area contributed by atoms with Crippen LogP contribution in [0.2, 0.25) is 0 Å². The first-order valence-electron chi connectivity index (χ1n) is 7.94. The summed E-state index contributed by atoms with van der Waals surface area (Å²) in [7, 11) is 3.82. The van der Waals surface area contributed by atoms with Crippen LogP contribution in [-0.4, -0.2) is 64.5 Å². The van der Waals surface area contributed by atoms with Crippen LogP contribution in [0.4, 0.5) is 5.82 Å². The van der Waals surface area contributed by atoms with Crippen molar-refractivity contribution in [3.05, 3.63) is 29.1 Å². The third-order valence-corrected chi connectivity index (χ3v) is 4.15. The third-order valence-electron chi connectivity index (χ3n) is 4.15. The van der Waals surface area contributed by atoms with Crippen LogP contribution >= 0.6 is 0 Å². The van der Waals surface area contributed by atoms with Gasteiger partial charge in [-0.05, 0) is 19.9 Å². The molecule has 0 saturated carbocycles. The molecule has 1 fully saturated rings. The minimum absolute atomic E-state index is 0.00103. The molecule has 2 aromatic rings. The number of nitrogens with one attached hydrogen (secondary N) is 1. The van der Waals surface area contributed by atoms with Crippen molar-refractivity contribution in [3.63, 3.8) is 0 Å². The van der Waals surface area contributed by atoms with Gasteiger partial charge in [0.05, 0.1) is 17.8 Å². The van der Waals surface area contributed by atoms with Crippen LogP contribution in [-0.2, 0) is 0 Å². The first-order valence-corrected chi connectivity index (χ1v) is 7.94. The largest absolute Gasteiger partial charge is 0.471 e. The van der Waals surface area contributed by atoms with Crippen molar-refractivity contribution in [2.24, 2.45) is 0 Å². The maximum absolute atomic E-state index is 12.6. The lowest BCUT2D eigenvalue weighted by molar-refractivity contribution is 0.0769. The van der Waals surface area contributed by atoms with E-state index >= 15 is 0 Å². The molecule has 0 aliphatic carbocycles. The Morgan fingerprint density at radius 3 is 2.71 bits per heavy atom. The summed E-state index contributed by atoms with van der Waals surface area (Å²) >= 11 is 0. The molecule has 0 spiro atoms. The van der Waals surface area contributed by atoms with Crippen molar-refractivity contribution in [3.8, 4) is 5.88 Å². The molecule has 1 aliphatic rings. The molecule has 1 amide bonds. The lowest BCUT2D eigenvalue weighted by Crippen LogP contribution is -2.31. The summed E-state index contributed by atoms with van der Waals surface area (Å²) in [5, 5.41) is 15.1. The highest BCUT2D eigenvalue weighted by Gasteiger charge is 2.30. The second-order valence-electron chi connectivity index (χ2n) is 6.21. The van der Waals surface area contributed by atoms with E-state index in [1.807, 2.05) is 38.9 Å². The van der Waals surface area contributed by atoms with E-state index in [2.05, 4.69) is 20.4 Å². The number of aromatic amines is 1. The number of hydrogen-bond acceptors (Lipinski definition) is 6. The number of aryl methyl sites for hydroxylation is 2. The predicted octanol–water partition coefficient (Wildman–Crippen LogP) is 1.18. The molecule has 3 heterocycles. The van der Waals surface area contributed by atoms with Crippen molar-refractivity contribution < 1.29 is 9.53 Å². The zero-order valence-corrected chi connectivity index (χ0v) is 14.4. The number of H-pyrrole nitrogens is 1. The molecule has 128 valence electrons. The molecule has 0 unspecified atom stereocenters. The average molecular weight is 330 g/mol. The van der Waals surface area contributed by atoms with Crippen LogP contribution < -0.4 is 9.64 Å². The summed E-state index contributed by atoms with van der Waals surface area (Å²) in [6.07, 6.45) is 0.708. The Bertz CT molecular complexity index is 705. The normalized spacial score (nSPS) is 17.2. The minimum atomic E-state index is -0.0685. The fourth-order valence-electron chi connectivity index (χ4n) is 2.82. The number of hydrogen-bond donors (Lipinski definition) is 1. The van der Waals surface area contributed by atoms with E-state index in [1.165, 1.54) is 0 Å². The van der Waals surface area contributed by atoms with Crippen LogP contribution in [0.3, 0.4) is 0 Å². The van der Waals surface area contributed by atoms with E-state index in [9.17, 15) is 4.79 Å². The van der Waals surface area contributed by atoms with E-state index in [1.54, 1.807) is 11.0 Å². The number of carbonyl (C=O) groups excluding carboxylic acids is 1. The van der Waals surface area contributed by atoms with Crippen molar-refractivity contribution in [1.82, 2.24) is 25.3 Å². The van der Waals surface area contributed by atoms with Gasteiger partial charge in [-0.2, -0.15) is 5.10 Å². The Morgan fingerprint density at radius 1 is 1.33 bits per heavy atom. The van der Waals surface area contributed by atoms with Crippen LogP contribution in [0, 0.1) is 13.8 Å². The van der Waals surface area contributed by atoms with Crippen molar-refractivity contribution in [2.45, 2.75) is 26.4 Å². The maximum atomic E-state index is 12.6. The summed E-state index contributed by atoms with van der Waals surface area (Å²) in [5.74, 6) is 1.26. The second-order valence-corrected chi connectivity index (χ2v) is 6.21. The van der Waals surface area contributed by atoms with E-state index in [0.717, 1.165) is 23.6 Å². The van der Waals surface area contributed by atoms with Gasteiger partial charge in [-0.15, -0.1) is 10.2 Å². The van der Waals surface area contributed by atoms with Gasteiger partial charge < -0.3 is 14.5 Å². The fourth-order valence-corrected chi connectivity index (χ4v) is 2.82. The van der Waals surface area contributed by atoms with Crippen molar-refractivity contribution >= 4 is 11.7 Å². The molecule has 3 rings (SSSR count). The van der Waals surface area contributed by atoms with E-state index in [4.69, 9.17) is 4.74 Å². The first kappa shape index (κ1) is 16.2. The summed E-state index contributed by atoms with van der Waals surface area (Å²) in [6.45, 7) is 4.90. The lowest BCUT2D eigenvalue weighted by Gasteiger charge is -2.17. The highest BCUT2D eigenvalue weighted by atomic mass is 16.5. The quantitative estimate of drug-likeness (QED) is 0.906. The molecule has 8 heteroatoms. The topological polar surface area (TPSA) is 87.2 Å². The highest BCUT2D eigenvalue weighted by molar-refractivity contribution is 5.96. The van der Waals surface area contributed by atoms with Gasteiger partial charge in [0.15, 0.2) is 5.82 Å². The SMILES string of the molecule is Cc1n[nH]c(C)c1C(=O)N1CC[C@H](Oc2ccc(N(C)C)nn2)C1. The molecule has 1 atom stereocenters. The molecule has 0 bridgehead atoms. The van der Waals surface area contributed by atoms with Crippen LogP contribution in [0.15, 0.2) is 12.1 Å². The van der Waals surface area contributed by atoms with E-state index < -0.39 is 0 Å². The summed E-state index contributed by atoms with van der Waals surface area (Å²) in [5.41, 5.74) is 2.18. The lowest BCUT2D eigenvalue weighted by atomic mass is 10.2. The zero-order chi connectivity index (χ0) is 17.3. The molecule has 0 radical (unpaired) electrons. The van der Waals surface area contributed by atoms with Gasteiger partial charge in [0.1, 0.15) is 6.10 Å². The van der Waals surface area contributed by atoms with Gasteiger partial charge in [0.2, 0.25) is 5.88 Å². The Hall–Kier alpha value is -2.64. The first-order chi connectivity index (χ1) is 11.5. The van der Waals surface area contributed by atoms with Crippen molar-refractivity contribution in [1.29, 1.82) is 0 Å². The highest BCUT2D eigenvalue weighted by Crippen LogP contribution is 2.21. The van der Waals surface area contributed by atoms with Gasteiger partial charge in [-0.3, -0.25) is 9.89 Å². The number of anilines is 1. The van der Waals surface area contributed by atoms with Gasteiger partial charge in [0, 0.05) is 38.8 Å². The monoisotopic (exact) mass is 330 g/mol. The number of ether oxygens (including phenoxy) is 1. The number of rotatable bonds is 4. The maximum Gasteiger partial charge on any atom is 0.257 e. The molecular weight excluding hydrogens is 308 g/mol. The Balaban J connectivity index is 1.62. The summed E-state index contributed by atoms with van der Waals surface area (Å²) in [4.78, 5) is 16.3. The standard InChI is InChI=1S/C16H22N6O2/c1-10-15(11(2)18-17-10)16(23)22-8-7-12(9-22)24-14-6-5-13(19-20-14)21(3)4/h5-6,12H,7-9H2,1-4H3,(H,17,18)/t12-/m0/s1. The molecule has 2 aromatic heterocycles. The predicted molar refractivity (Wildman–Crippen MR) is 89.4 cm³/mol. The van der Waals surface area contributed by atoms with Crippen LogP contribution in [0.5, 0.6) is 5.88 Å². The Kier molecular flexibility index (Phi) is 4.37. The van der Waals surface area contributed by atoms with Gasteiger partial charge >= 0.3 is 0 Å². The molecule has 1 N–H and O–H groups in total. The Morgan fingerprint density at radius 2 is 2.12 bits per heavy atom. The Labute approximate surface area is 140 Å². The fraction of sp³-hybridized carbons (Fsp3) is 0.500. The van der Waals surface area contributed by atoms with E-state index in [0.29, 0.717) is 24.5 Å². The summed E-state index contributed by atoms with van der Waals surface area (Å²) in [6, 6.07) is 3.66. The molecule has 8 nitrogen and oxygen atoms in total. The van der Waals surface area contributed by atoms with Gasteiger partial charge in [0.25, 0.3) is 5.91 Å². The number of carbonyl (C=O) groups is 1. The molecule has 24 heavy (non-hydrogen) atoms. The zero-order valence-electron chi connectivity index (χ0n) is 14.4.